The molecule has 1 fully saturated rings. The van der Waals surface area contributed by atoms with Gasteiger partial charge in [0.05, 0.1) is 0 Å². The van der Waals surface area contributed by atoms with Crippen LogP contribution in [0.2, 0.25) is 0 Å². The van der Waals surface area contributed by atoms with E-state index in [4.69, 9.17) is 9.84 Å². The molecule has 1 aliphatic carbocycles. The summed E-state index contributed by atoms with van der Waals surface area (Å²) in [6, 6.07) is -1.17. The zero-order chi connectivity index (χ0) is 15.0. The lowest BCUT2D eigenvalue weighted by Crippen LogP contribution is -2.50. The molecular weight excluding hydrogens is 260 g/mol. The Morgan fingerprint density at radius 3 is 2.65 bits per heavy atom. The number of hydrogen-bond acceptors (Lipinski definition) is 3. The van der Waals surface area contributed by atoms with Crippen LogP contribution in [0.4, 0.5) is 4.79 Å². The van der Waals surface area contributed by atoms with Gasteiger partial charge in [-0.1, -0.05) is 26.2 Å². The summed E-state index contributed by atoms with van der Waals surface area (Å²) in [6.45, 7) is 2.44. The highest BCUT2D eigenvalue weighted by Crippen LogP contribution is 2.22. The molecular formula is C14H26N2O4. The number of amides is 2. The van der Waals surface area contributed by atoms with Crippen molar-refractivity contribution in [2.75, 3.05) is 13.7 Å². The molecule has 116 valence electrons. The third kappa shape index (κ3) is 5.77. The molecule has 3 N–H and O–H groups in total. The number of carboxylic acid groups (broad SMARTS) is 1. The van der Waals surface area contributed by atoms with E-state index in [0.29, 0.717) is 12.5 Å². The van der Waals surface area contributed by atoms with Crippen LogP contribution in [-0.4, -0.2) is 42.9 Å². The first kappa shape index (κ1) is 16.8. The molecule has 0 heterocycles. The van der Waals surface area contributed by atoms with Gasteiger partial charge >= 0.3 is 12.0 Å². The van der Waals surface area contributed by atoms with Crippen LogP contribution in [-0.2, 0) is 9.53 Å². The Hall–Kier alpha value is -1.30. The van der Waals surface area contributed by atoms with Gasteiger partial charge in [-0.3, -0.25) is 0 Å². The lowest BCUT2D eigenvalue weighted by atomic mass is 9.97. The fourth-order valence-corrected chi connectivity index (χ4v) is 2.57. The number of nitrogens with one attached hydrogen (secondary N) is 2. The second kappa shape index (κ2) is 8.79. The third-order valence-corrected chi connectivity index (χ3v) is 3.89. The van der Waals surface area contributed by atoms with Crippen LogP contribution in [0.15, 0.2) is 0 Å². The fraction of sp³-hybridized carbons (Fsp3) is 0.857. The van der Waals surface area contributed by atoms with Gasteiger partial charge in [-0.25, -0.2) is 9.59 Å². The van der Waals surface area contributed by atoms with Crippen molar-refractivity contribution < 1.29 is 19.4 Å². The number of rotatable bonds is 6. The molecule has 0 spiro atoms. The number of aliphatic carboxylic acids is 1. The first-order valence-electron chi connectivity index (χ1n) is 7.33. The Bertz CT molecular complexity index is 322. The smallest absolute Gasteiger partial charge is 0.326 e. The van der Waals surface area contributed by atoms with Crippen molar-refractivity contribution in [1.29, 1.82) is 0 Å². The van der Waals surface area contributed by atoms with E-state index in [2.05, 4.69) is 17.6 Å². The van der Waals surface area contributed by atoms with Gasteiger partial charge in [0.2, 0.25) is 0 Å². The molecule has 20 heavy (non-hydrogen) atoms. The highest BCUT2D eigenvalue weighted by atomic mass is 16.5. The zero-order valence-electron chi connectivity index (χ0n) is 12.4. The monoisotopic (exact) mass is 286 g/mol. The SMILES string of the molecule is COCCC(NC(=O)NC1CCCCCC1C)C(=O)O. The number of carboxylic acids is 1. The van der Waals surface area contributed by atoms with Crippen LogP contribution >= 0.6 is 0 Å². The first-order chi connectivity index (χ1) is 9.54. The number of methoxy groups -OCH3 is 1. The molecule has 1 saturated carbocycles. The molecule has 6 heteroatoms. The average molecular weight is 286 g/mol. The van der Waals surface area contributed by atoms with Crippen LogP contribution in [0.3, 0.4) is 0 Å². The summed E-state index contributed by atoms with van der Waals surface area (Å²) >= 11 is 0. The highest BCUT2D eigenvalue weighted by Gasteiger charge is 2.24. The number of carbonyl (C=O) groups excluding carboxylic acids is 1. The Morgan fingerprint density at radius 2 is 2.00 bits per heavy atom. The molecule has 0 saturated heterocycles. The molecule has 0 radical (unpaired) electrons. The van der Waals surface area contributed by atoms with Crippen LogP contribution < -0.4 is 10.6 Å². The van der Waals surface area contributed by atoms with Crippen molar-refractivity contribution in [2.45, 2.75) is 57.5 Å². The normalized spacial score (nSPS) is 24.5. The van der Waals surface area contributed by atoms with Crippen LogP contribution in [0.1, 0.15) is 45.4 Å². The zero-order valence-corrected chi connectivity index (χ0v) is 12.4. The summed E-state index contributed by atoms with van der Waals surface area (Å²) in [5.74, 6) is -0.600. The number of carbonyl (C=O) groups is 2. The van der Waals surface area contributed by atoms with Crippen molar-refractivity contribution in [1.82, 2.24) is 10.6 Å². The fourth-order valence-electron chi connectivity index (χ4n) is 2.57. The van der Waals surface area contributed by atoms with Crippen molar-refractivity contribution in [3.63, 3.8) is 0 Å². The predicted molar refractivity (Wildman–Crippen MR) is 75.6 cm³/mol. The minimum Gasteiger partial charge on any atom is -0.480 e. The van der Waals surface area contributed by atoms with Gasteiger partial charge in [-0.15, -0.1) is 0 Å². The molecule has 0 aromatic rings. The van der Waals surface area contributed by atoms with E-state index >= 15 is 0 Å². The highest BCUT2D eigenvalue weighted by molar-refractivity contribution is 5.82. The van der Waals surface area contributed by atoms with E-state index in [0.717, 1.165) is 19.3 Å². The van der Waals surface area contributed by atoms with E-state index in [1.54, 1.807) is 0 Å². The molecule has 2 amide bonds. The van der Waals surface area contributed by atoms with Gasteiger partial charge in [0.15, 0.2) is 0 Å². The molecule has 0 aromatic heterocycles. The van der Waals surface area contributed by atoms with Gasteiger partial charge < -0.3 is 20.5 Å². The van der Waals surface area contributed by atoms with Gasteiger partial charge in [-0.05, 0) is 18.8 Å². The van der Waals surface area contributed by atoms with Crippen LogP contribution in [0, 0.1) is 5.92 Å². The van der Waals surface area contributed by atoms with Crippen molar-refractivity contribution in [2.24, 2.45) is 5.92 Å². The standard InChI is InChI=1S/C14H26N2O4/c1-10-6-4-3-5-7-11(10)15-14(19)16-12(13(17)18)8-9-20-2/h10-12H,3-9H2,1-2H3,(H,17,18)(H2,15,16,19). The molecule has 1 rings (SSSR count). The van der Waals surface area contributed by atoms with Crippen molar-refractivity contribution in [3.8, 4) is 0 Å². The van der Waals surface area contributed by atoms with Gasteiger partial charge in [0.1, 0.15) is 6.04 Å². The lowest BCUT2D eigenvalue weighted by molar-refractivity contribution is -0.139. The van der Waals surface area contributed by atoms with Gasteiger partial charge in [0.25, 0.3) is 0 Å². The summed E-state index contributed by atoms with van der Waals surface area (Å²) in [7, 11) is 1.51. The van der Waals surface area contributed by atoms with Crippen LogP contribution in [0.5, 0.6) is 0 Å². The second-order valence-electron chi connectivity index (χ2n) is 5.51. The largest absolute Gasteiger partial charge is 0.480 e. The summed E-state index contributed by atoms with van der Waals surface area (Å²) in [4.78, 5) is 23.0. The quantitative estimate of drug-likeness (QED) is 0.649. The van der Waals surface area contributed by atoms with Crippen molar-refractivity contribution in [3.05, 3.63) is 0 Å². The lowest BCUT2D eigenvalue weighted by Gasteiger charge is -2.24. The molecule has 0 aliphatic heterocycles. The minimum atomic E-state index is -1.04. The maximum atomic E-state index is 11.9. The maximum absolute atomic E-state index is 11.9. The van der Waals surface area contributed by atoms with Gasteiger partial charge in [0, 0.05) is 26.2 Å². The third-order valence-electron chi connectivity index (χ3n) is 3.89. The minimum absolute atomic E-state index is 0.134. The Labute approximate surface area is 120 Å². The molecule has 0 aromatic carbocycles. The van der Waals surface area contributed by atoms with E-state index in [-0.39, 0.29) is 12.5 Å². The maximum Gasteiger partial charge on any atom is 0.326 e. The predicted octanol–water partition coefficient (Wildman–Crippen LogP) is 1.74. The Balaban J connectivity index is 2.45. The summed E-state index contributed by atoms with van der Waals surface area (Å²) in [6.07, 6.45) is 5.85. The number of urea groups is 1. The summed E-state index contributed by atoms with van der Waals surface area (Å²) in [5.41, 5.74) is 0. The van der Waals surface area contributed by atoms with Crippen molar-refractivity contribution >= 4 is 12.0 Å². The molecule has 1 aliphatic rings. The van der Waals surface area contributed by atoms with E-state index < -0.39 is 18.0 Å². The molecule has 6 nitrogen and oxygen atoms in total. The number of hydrogen-bond donors (Lipinski definition) is 3. The first-order valence-corrected chi connectivity index (χ1v) is 7.33. The Morgan fingerprint density at radius 1 is 1.30 bits per heavy atom. The van der Waals surface area contributed by atoms with E-state index in [9.17, 15) is 9.59 Å². The second-order valence-corrected chi connectivity index (χ2v) is 5.51. The van der Waals surface area contributed by atoms with Crippen LogP contribution in [0.25, 0.3) is 0 Å². The topological polar surface area (TPSA) is 87.7 Å². The Kier molecular flexibility index (Phi) is 7.36. The molecule has 3 unspecified atom stereocenters. The van der Waals surface area contributed by atoms with E-state index in [1.165, 1.54) is 20.0 Å². The van der Waals surface area contributed by atoms with E-state index in [1.807, 2.05) is 0 Å². The molecule has 3 atom stereocenters. The molecule has 0 bridgehead atoms. The summed E-state index contributed by atoms with van der Waals surface area (Å²) < 4.78 is 4.85. The average Bonchev–Trinajstić information content (AvgIpc) is 2.59. The van der Waals surface area contributed by atoms with Gasteiger partial charge in [-0.2, -0.15) is 0 Å². The number of ether oxygens (including phenoxy) is 1. The summed E-state index contributed by atoms with van der Waals surface area (Å²) in [5, 5.41) is 14.5.